The molecular formula is C18H15FN4O3. The Bertz CT molecular complexity index is 1020. The third-order valence-corrected chi connectivity index (χ3v) is 3.98. The monoisotopic (exact) mass is 354 g/mol. The molecule has 0 saturated heterocycles. The molecule has 0 unspecified atom stereocenters. The highest BCUT2D eigenvalue weighted by molar-refractivity contribution is 5.78. The van der Waals surface area contributed by atoms with Gasteiger partial charge in [0.15, 0.2) is 18.2 Å². The zero-order valence-electron chi connectivity index (χ0n) is 13.7. The van der Waals surface area contributed by atoms with Crippen molar-refractivity contribution in [2.75, 3.05) is 0 Å². The van der Waals surface area contributed by atoms with Crippen molar-refractivity contribution in [2.24, 2.45) is 0 Å². The summed E-state index contributed by atoms with van der Waals surface area (Å²) in [6.07, 6.45) is 5.88. The van der Waals surface area contributed by atoms with Gasteiger partial charge in [-0.2, -0.15) is 0 Å². The van der Waals surface area contributed by atoms with E-state index in [2.05, 4.69) is 15.0 Å². The number of H-pyrrole nitrogens is 1. The van der Waals surface area contributed by atoms with Crippen LogP contribution < -0.4 is 5.43 Å². The lowest BCUT2D eigenvalue weighted by atomic mass is 10.2. The van der Waals surface area contributed by atoms with E-state index in [1.807, 2.05) is 4.90 Å². The average Bonchev–Trinajstić information content (AvgIpc) is 3.30. The van der Waals surface area contributed by atoms with Gasteiger partial charge >= 0.3 is 0 Å². The predicted molar refractivity (Wildman–Crippen MR) is 90.5 cm³/mol. The van der Waals surface area contributed by atoms with E-state index in [1.165, 1.54) is 31.0 Å². The molecule has 0 saturated carbocycles. The van der Waals surface area contributed by atoms with Crippen molar-refractivity contribution >= 4 is 10.9 Å². The topological polar surface area (TPSA) is 88.2 Å². The van der Waals surface area contributed by atoms with Crippen molar-refractivity contribution in [2.45, 2.75) is 19.6 Å². The summed E-state index contributed by atoms with van der Waals surface area (Å²) >= 11 is 0. The summed E-state index contributed by atoms with van der Waals surface area (Å²) in [5.41, 5.74) is 2.60. The fraction of sp³-hybridized carbons (Fsp3) is 0.167. The van der Waals surface area contributed by atoms with Gasteiger partial charge in [0.05, 0.1) is 11.4 Å². The van der Waals surface area contributed by atoms with Gasteiger partial charge in [-0.25, -0.2) is 14.4 Å². The molecule has 26 heavy (non-hydrogen) atoms. The SMILES string of the molecule is O=c1cc(CN(Cc2cocn2)Cc2cocn2)[nH]c2ccc(F)cc12. The molecule has 0 aliphatic carbocycles. The van der Waals surface area contributed by atoms with Crippen LogP contribution in [0.15, 0.2) is 63.2 Å². The lowest BCUT2D eigenvalue weighted by molar-refractivity contribution is 0.238. The maximum atomic E-state index is 13.4. The number of aromatic nitrogens is 3. The molecule has 0 fully saturated rings. The second-order valence-electron chi connectivity index (χ2n) is 5.95. The molecule has 0 atom stereocenters. The third-order valence-electron chi connectivity index (χ3n) is 3.98. The molecule has 4 rings (SSSR count). The van der Waals surface area contributed by atoms with Gasteiger partial charge in [0.1, 0.15) is 18.3 Å². The number of pyridine rings is 1. The van der Waals surface area contributed by atoms with Crippen LogP contribution in [0, 0.1) is 5.82 Å². The Kier molecular flexibility index (Phi) is 4.32. The molecule has 0 bridgehead atoms. The van der Waals surface area contributed by atoms with Crippen LogP contribution in [-0.4, -0.2) is 19.9 Å². The van der Waals surface area contributed by atoms with E-state index < -0.39 is 5.82 Å². The van der Waals surface area contributed by atoms with Crippen molar-refractivity contribution in [3.8, 4) is 0 Å². The van der Waals surface area contributed by atoms with Crippen molar-refractivity contribution in [3.63, 3.8) is 0 Å². The van der Waals surface area contributed by atoms with Crippen LogP contribution in [0.5, 0.6) is 0 Å². The largest absolute Gasteiger partial charge is 0.451 e. The van der Waals surface area contributed by atoms with Gasteiger partial charge in [-0.05, 0) is 18.2 Å². The Morgan fingerprint density at radius 1 is 1.00 bits per heavy atom. The van der Waals surface area contributed by atoms with Gasteiger partial charge in [0.2, 0.25) is 0 Å². The first-order valence-electron chi connectivity index (χ1n) is 7.95. The Balaban J connectivity index is 1.63. The van der Waals surface area contributed by atoms with Gasteiger partial charge < -0.3 is 13.8 Å². The number of oxazole rings is 2. The van der Waals surface area contributed by atoms with Crippen LogP contribution in [0.4, 0.5) is 4.39 Å². The molecular weight excluding hydrogens is 339 g/mol. The van der Waals surface area contributed by atoms with E-state index >= 15 is 0 Å². The van der Waals surface area contributed by atoms with E-state index in [4.69, 9.17) is 8.83 Å². The van der Waals surface area contributed by atoms with Crippen molar-refractivity contribution in [1.82, 2.24) is 19.9 Å². The summed E-state index contributed by atoms with van der Waals surface area (Å²) in [7, 11) is 0. The second kappa shape index (κ2) is 6.93. The zero-order chi connectivity index (χ0) is 17.9. The van der Waals surface area contributed by atoms with E-state index in [1.54, 1.807) is 18.6 Å². The van der Waals surface area contributed by atoms with Gasteiger partial charge in [-0.1, -0.05) is 0 Å². The highest BCUT2D eigenvalue weighted by atomic mass is 19.1. The van der Waals surface area contributed by atoms with Crippen LogP contribution in [0.2, 0.25) is 0 Å². The van der Waals surface area contributed by atoms with E-state index in [0.29, 0.717) is 36.2 Å². The minimum absolute atomic E-state index is 0.226. The first-order valence-corrected chi connectivity index (χ1v) is 7.95. The van der Waals surface area contributed by atoms with Crippen LogP contribution in [0.3, 0.4) is 0 Å². The number of nitrogens with zero attached hydrogens (tertiary/aromatic N) is 3. The fourth-order valence-electron chi connectivity index (χ4n) is 2.86. The summed E-state index contributed by atoms with van der Waals surface area (Å²) in [6, 6.07) is 5.61. The fourth-order valence-corrected chi connectivity index (χ4v) is 2.86. The molecule has 4 aromatic rings. The molecule has 0 aliphatic rings. The van der Waals surface area contributed by atoms with E-state index in [-0.39, 0.29) is 5.43 Å². The first kappa shape index (κ1) is 16.2. The third kappa shape index (κ3) is 3.55. The number of halogens is 1. The first-order chi connectivity index (χ1) is 12.7. The number of hydrogen-bond acceptors (Lipinski definition) is 6. The average molecular weight is 354 g/mol. The summed E-state index contributed by atoms with van der Waals surface area (Å²) in [4.78, 5) is 25.8. The van der Waals surface area contributed by atoms with Gasteiger partial charge in [-0.15, -0.1) is 0 Å². The summed E-state index contributed by atoms with van der Waals surface area (Å²) in [6.45, 7) is 1.46. The molecule has 7 nitrogen and oxygen atoms in total. The van der Waals surface area contributed by atoms with Crippen LogP contribution in [0.1, 0.15) is 17.1 Å². The quantitative estimate of drug-likeness (QED) is 0.573. The normalized spacial score (nSPS) is 11.5. The maximum absolute atomic E-state index is 13.4. The number of benzene rings is 1. The number of fused-ring (bicyclic) bond motifs is 1. The molecule has 3 heterocycles. The smallest absolute Gasteiger partial charge is 0.189 e. The van der Waals surface area contributed by atoms with Crippen molar-refractivity contribution in [3.05, 3.63) is 82.7 Å². The van der Waals surface area contributed by atoms with Gasteiger partial charge in [0, 0.05) is 42.3 Å². The molecule has 8 heteroatoms. The molecule has 3 aromatic heterocycles. The molecule has 0 aliphatic heterocycles. The van der Waals surface area contributed by atoms with Crippen LogP contribution in [0.25, 0.3) is 10.9 Å². The molecule has 0 spiro atoms. The summed E-state index contributed by atoms with van der Waals surface area (Å²) < 4.78 is 23.4. The van der Waals surface area contributed by atoms with E-state index in [9.17, 15) is 9.18 Å². The van der Waals surface area contributed by atoms with Crippen LogP contribution >= 0.6 is 0 Å². The Morgan fingerprint density at radius 3 is 2.31 bits per heavy atom. The summed E-state index contributed by atoms with van der Waals surface area (Å²) in [5.74, 6) is -0.436. The predicted octanol–water partition coefficient (Wildman–Crippen LogP) is 2.85. The van der Waals surface area contributed by atoms with Crippen molar-refractivity contribution in [1.29, 1.82) is 0 Å². The molecule has 132 valence electrons. The highest BCUT2D eigenvalue weighted by Gasteiger charge is 2.13. The Morgan fingerprint density at radius 2 is 1.69 bits per heavy atom. The standard InChI is InChI=1S/C18H15FN4O3/c19-12-1-2-17-16(3-12)18(24)4-13(22-17)5-23(6-14-8-25-10-20-14)7-15-9-26-11-21-15/h1-4,8-11H,5-7H2,(H,22,24). The molecule has 1 aromatic carbocycles. The maximum Gasteiger partial charge on any atom is 0.189 e. The Labute approximate surface area is 147 Å². The number of aromatic amines is 1. The minimum Gasteiger partial charge on any atom is -0.451 e. The number of rotatable bonds is 6. The minimum atomic E-state index is -0.436. The lowest BCUT2D eigenvalue weighted by Crippen LogP contribution is -2.24. The molecule has 0 radical (unpaired) electrons. The van der Waals surface area contributed by atoms with Gasteiger partial charge in [0.25, 0.3) is 0 Å². The number of nitrogens with one attached hydrogen (secondary N) is 1. The Hall–Kier alpha value is -3.26. The number of hydrogen-bond donors (Lipinski definition) is 1. The van der Waals surface area contributed by atoms with E-state index in [0.717, 1.165) is 11.4 Å². The van der Waals surface area contributed by atoms with Crippen LogP contribution in [-0.2, 0) is 19.6 Å². The lowest BCUT2D eigenvalue weighted by Gasteiger charge is -2.20. The molecule has 1 N–H and O–H groups in total. The highest BCUT2D eigenvalue weighted by Crippen LogP contribution is 2.14. The molecule has 0 amide bonds. The zero-order valence-corrected chi connectivity index (χ0v) is 13.7. The van der Waals surface area contributed by atoms with Gasteiger partial charge in [-0.3, -0.25) is 9.69 Å². The second-order valence-corrected chi connectivity index (χ2v) is 5.95. The summed E-state index contributed by atoms with van der Waals surface area (Å²) in [5, 5.41) is 0.327. The van der Waals surface area contributed by atoms with Crippen molar-refractivity contribution < 1.29 is 13.2 Å².